The second-order valence-corrected chi connectivity index (χ2v) is 16.1. The van der Waals surface area contributed by atoms with E-state index in [4.69, 9.17) is 24.2 Å². The average molecular weight is 797 g/mol. The first-order valence-electron chi connectivity index (χ1n) is 20.0. The van der Waals surface area contributed by atoms with Gasteiger partial charge in [-0.1, -0.05) is 76.2 Å². The van der Waals surface area contributed by atoms with E-state index in [0.717, 1.165) is 64.2 Å². The van der Waals surface area contributed by atoms with Gasteiger partial charge in [0.15, 0.2) is 0 Å². The molecule has 58 heavy (non-hydrogen) atoms. The Kier molecular flexibility index (Phi) is 13.5. The number of aliphatic imine (C=N–C) groups is 2. The van der Waals surface area contributed by atoms with Crippen molar-refractivity contribution in [3.63, 3.8) is 0 Å². The second-order valence-electron chi connectivity index (χ2n) is 16.1. The van der Waals surface area contributed by atoms with Crippen molar-refractivity contribution in [3.8, 4) is 11.1 Å². The summed E-state index contributed by atoms with van der Waals surface area (Å²) < 4.78 is 14.6. The van der Waals surface area contributed by atoms with E-state index in [1.165, 1.54) is 26.2 Å². The van der Waals surface area contributed by atoms with Crippen molar-refractivity contribution in [2.75, 3.05) is 41.1 Å². The molecule has 0 aromatic heterocycles. The van der Waals surface area contributed by atoms with Gasteiger partial charge in [0, 0.05) is 49.1 Å². The lowest BCUT2D eigenvalue weighted by atomic mass is 9.89. The summed E-state index contributed by atoms with van der Waals surface area (Å²) in [5.74, 6) is -0.981. The number of hydrogen-bond donors (Lipinski definition) is 2. The van der Waals surface area contributed by atoms with Crippen molar-refractivity contribution in [3.05, 3.63) is 72.1 Å². The molecule has 4 aliphatic heterocycles. The summed E-state index contributed by atoms with van der Waals surface area (Å²) >= 11 is 0. The molecule has 5 atom stereocenters. The van der Waals surface area contributed by atoms with Gasteiger partial charge in [0.2, 0.25) is 5.91 Å². The molecular formula is C44H56N6O8. The van der Waals surface area contributed by atoms with Crippen molar-refractivity contribution in [2.45, 2.75) is 84.2 Å². The van der Waals surface area contributed by atoms with Crippen LogP contribution in [0.15, 0.2) is 70.9 Å². The highest BCUT2D eigenvalue weighted by molar-refractivity contribution is 6.04. The van der Waals surface area contributed by atoms with Crippen molar-refractivity contribution in [1.82, 2.24) is 20.0 Å². The van der Waals surface area contributed by atoms with Gasteiger partial charge in [-0.3, -0.25) is 29.4 Å². The van der Waals surface area contributed by atoms with Crippen LogP contribution in [-0.2, 0) is 23.8 Å². The van der Waals surface area contributed by atoms with Crippen LogP contribution in [0, 0.1) is 17.8 Å². The smallest absolute Gasteiger partial charge is 0.410 e. The Morgan fingerprint density at radius 1 is 0.776 bits per heavy atom. The molecule has 0 saturated carbocycles. The standard InChI is InChI=1S/C44H56N6O8/c1-26(2)34(21-39(51)56-5)41(52)49-18-8-9-37(49)35-19-32(22-45-35)30-14-10-28(11-15-30)29-12-16-31(17-13-29)33-20-36(46-23-33)38-24-48(44(55)58-7)25-50(38)42(53)40(27(3)4)47-43(54)57-6/h10-17,22-23,26-27,34,37-38,40-41,52H,8-9,18-21,24-25H2,1-7H3,(H,47,54)/t34-,37-,38-,40-,41+/m0/s1. The largest absolute Gasteiger partial charge is 0.469 e. The Hall–Kier alpha value is -5.34. The number of likely N-dealkylation sites (tertiary alicyclic amines) is 1. The number of ether oxygens (including phenoxy) is 3. The highest BCUT2D eigenvalue weighted by Crippen LogP contribution is 2.35. The number of esters is 1. The summed E-state index contributed by atoms with van der Waals surface area (Å²) in [6, 6.07) is 15.5. The first-order chi connectivity index (χ1) is 27.8. The molecule has 4 aliphatic rings. The van der Waals surface area contributed by atoms with E-state index in [0.29, 0.717) is 12.8 Å². The van der Waals surface area contributed by atoms with E-state index in [1.807, 2.05) is 40.1 Å². The zero-order valence-electron chi connectivity index (χ0n) is 34.5. The maximum atomic E-state index is 13.8. The van der Waals surface area contributed by atoms with Gasteiger partial charge in [0.05, 0.1) is 53.0 Å². The third-order valence-corrected chi connectivity index (χ3v) is 11.8. The lowest BCUT2D eigenvalue weighted by Crippen LogP contribution is -2.54. The average Bonchev–Trinajstić information content (AvgIpc) is 4.07. The molecule has 2 N–H and O–H groups in total. The number of benzene rings is 2. The molecule has 3 amide bonds. The normalized spacial score (nSPS) is 21.0. The molecule has 14 heteroatoms. The van der Waals surface area contributed by atoms with Crippen LogP contribution in [0.2, 0.25) is 0 Å². The van der Waals surface area contributed by atoms with Crippen LogP contribution >= 0.6 is 0 Å². The quantitative estimate of drug-likeness (QED) is 0.184. The van der Waals surface area contributed by atoms with Crippen LogP contribution < -0.4 is 5.32 Å². The monoisotopic (exact) mass is 796 g/mol. The summed E-state index contributed by atoms with van der Waals surface area (Å²) in [6.45, 7) is 8.73. The van der Waals surface area contributed by atoms with Crippen molar-refractivity contribution in [2.24, 2.45) is 27.7 Å². The van der Waals surface area contributed by atoms with Gasteiger partial charge < -0.3 is 29.5 Å². The Bertz CT molecular complexity index is 1970. The molecule has 2 aromatic rings. The SMILES string of the molecule is COC(=O)C[C@@H](C(C)C)[C@@H](O)N1CCC[C@H]1C1=NC=C(c2ccc(-c3ccc(C4=CN=C([C@@H]5CN(C(=O)OC)CN5C(=O)[C@@H](NC(=O)OC)C(C)C)C4)cc3)cc2)C1. The molecule has 0 spiro atoms. The van der Waals surface area contributed by atoms with Crippen molar-refractivity contribution >= 4 is 46.6 Å². The summed E-state index contributed by atoms with van der Waals surface area (Å²) in [5, 5.41) is 14.1. The number of carbonyl (C=O) groups excluding carboxylic acids is 4. The molecule has 4 heterocycles. The number of allylic oxidation sites excluding steroid dienone is 2. The molecule has 6 rings (SSSR count). The predicted molar refractivity (Wildman–Crippen MR) is 221 cm³/mol. The van der Waals surface area contributed by atoms with E-state index in [1.54, 1.807) is 4.90 Å². The Morgan fingerprint density at radius 2 is 1.33 bits per heavy atom. The Morgan fingerprint density at radius 3 is 1.83 bits per heavy atom. The topological polar surface area (TPSA) is 163 Å². The summed E-state index contributed by atoms with van der Waals surface area (Å²) in [6.07, 6.45) is 5.02. The molecule has 2 saturated heterocycles. The Balaban J connectivity index is 1.07. The maximum absolute atomic E-state index is 13.8. The fraction of sp³-hybridized carbons (Fsp3) is 0.500. The maximum Gasteiger partial charge on any atom is 0.410 e. The van der Waals surface area contributed by atoms with Gasteiger partial charge in [-0.05, 0) is 58.1 Å². The number of nitrogens with zero attached hydrogens (tertiary/aromatic N) is 5. The van der Waals surface area contributed by atoms with Gasteiger partial charge >= 0.3 is 18.2 Å². The highest BCUT2D eigenvalue weighted by atomic mass is 16.5. The van der Waals surface area contributed by atoms with Gasteiger partial charge in [-0.25, -0.2) is 9.59 Å². The van der Waals surface area contributed by atoms with Gasteiger partial charge in [0.25, 0.3) is 0 Å². The third kappa shape index (κ3) is 9.18. The van der Waals surface area contributed by atoms with Crippen LogP contribution in [0.5, 0.6) is 0 Å². The molecule has 0 bridgehead atoms. The molecule has 2 fully saturated rings. The van der Waals surface area contributed by atoms with Crippen LogP contribution in [-0.4, -0.2) is 121 Å². The number of alkyl carbamates (subject to hydrolysis) is 1. The minimum Gasteiger partial charge on any atom is -0.469 e. The van der Waals surface area contributed by atoms with Crippen molar-refractivity contribution in [1.29, 1.82) is 0 Å². The van der Waals surface area contributed by atoms with Gasteiger partial charge in [0.1, 0.15) is 12.3 Å². The number of aliphatic hydroxyl groups excluding tert-OH is 1. The predicted octanol–water partition coefficient (Wildman–Crippen LogP) is 5.96. The third-order valence-electron chi connectivity index (χ3n) is 11.8. The number of hydrogen-bond acceptors (Lipinski definition) is 11. The molecular weight excluding hydrogens is 741 g/mol. The number of methoxy groups -OCH3 is 3. The molecule has 2 aromatic carbocycles. The first-order valence-corrected chi connectivity index (χ1v) is 20.0. The van der Waals surface area contributed by atoms with Gasteiger partial charge in [-0.15, -0.1) is 0 Å². The van der Waals surface area contributed by atoms with Crippen LogP contribution in [0.1, 0.15) is 70.9 Å². The number of carbonyl (C=O) groups is 4. The molecule has 0 aliphatic carbocycles. The van der Waals surface area contributed by atoms with Gasteiger partial charge in [-0.2, -0.15) is 0 Å². The first kappa shape index (κ1) is 42.3. The summed E-state index contributed by atoms with van der Waals surface area (Å²) in [7, 11) is 3.94. The zero-order valence-corrected chi connectivity index (χ0v) is 34.5. The number of rotatable bonds is 13. The lowest BCUT2D eigenvalue weighted by molar-refractivity contribution is -0.146. The fourth-order valence-corrected chi connectivity index (χ4v) is 8.38. The molecule has 310 valence electrons. The number of nitrogens with one attached hydrogen (secondary N) is 1. The van der Waals surface area contributed by atoms with E-state index in [-0.39, 0.29) is 55.3 Å². The van der Waals surface area contributed by atoms with Crippen LogP contribution in [0.3, 0.4) is 0 Å². The lowest BCUT2D eigenvalue weighted by Gasteiger charge is -2.36. The van der Waals surface area contributed by atoms with Crippen molar-refractivity contribution < 1.29 is 38.5 Å². The van der Waals surface area contributed by atoms with Crippen LogP contribution in [0.25, 0.3) is 22.3 Å². The second kappa shape index (κ2) is 18.5. The Labute approximate surface area is 340 Å². The fourth-order valence-electron chi connectivity index (χ4n) is 8.38. The summed E-state index contributed by atoms with van der Waals surface area (Å²) in [5.41, 5.74) is 8.16. The molecule has 0 unspecified atom stereocenters. The van der Waals surface area contributed by atoms with E-state index < -0.39 is 30.5 Å². The highest BCUT2D eigenvalue weighted by Gasteiger charge is 2.44. The number of aliphatic hydroxyl groups is 1. The summed E-state index contributed by atoms with van der Waals surface area (Å²) in [4.78, 5) is 65.3. The van der Waals surface area contributed by atoms with E-state index in [9.17, 15) is 24.3 Å². The van der Waals surface area contributed by atoms with Crippen LogP contribution in [0.4, 0.5) is 9.59 Å². The number of amides is 3. The molecule has 14 nitrogen and oxygen atoms in total. The van der Waals surface area contributed by atoms with E-state index >= 15 is 0 Å². The minimum atomic E-state index is -0.851. The zero-order chi connectivity index (χ0) is 41.7. The molecule has 0 radical (unpaired) electrons. The minimum absolute atomic E-state index is 0.0113. The van der Waals surface area contributed by atoms with E-state index in [2.05, 4.69) is 58.7 Å².